The summed E-state index contributed by atoms with van der Waals surface area (Å²) in [5, 5.41) is 29.8. The number of phenolic OH excluding ortho intramolecular Hbond substituents is 1. The van der Waals surface area contributed by atoms with Crippen LogP contribution in [0.25, 0.3) is 10.8 Å². The zero-order valence-electron chi connectivity index (χ0n) is 13.7. The Morgan fingerprint density at radius 2 is 2.04 bits per heavy atom. The van der Waals surface area contributed by atoms with E-state index in [4.69, 9.17) is 0 Å². The third-order valence-corrected chi connectivity index (χ3v) is 3.54. The minimum Gasteiger partial charge on any atom is -0.507 e. The average molecular weight is 354 g/mol. The van der Waals surface area contributed by atoms with Gasteiger partial charge in [-0.15, -0.1) is 0 Å². The molecule has 0 spiro atoms. The molecule has 132 valence electrons. The number of rotatable bonds is 5. The van der Waals surface area contributed by atoms with Crippen LogP contribution in [0, 0.1) is 10.1 Å². The third kappa shape index (κ3) is 3.64. The molecule has 1 heterocycles. The van der Waals surface area contributed by atoms with Gasteiger partial charge in [0.15, 0.2) is 0 Å². The van der Waals surface area contributed by atoms with Crippen molar-refractivity contribution in [3.05, 3.63) is 58.4 Å². The lowest BCUT2D eigenvalue weighted by molar-refractivity contribution is -0.394. The number of fused-ring (bicyclic) bond motifs is 1. The predicted octanol–water partition coefficient (Wildman–Crippen LogP) is 1.85. The third-order valence-electron chi connectivity index (χ3n) is 3.54. The zero-order chi connectivity index (χ0) is 18.7. The summed E-state index contributed by atoms with van der Waals surface area (Å²) in [6.45, 7) is 1.73. The van der Waals surface area contributed by atoms with Crippen molar-refractivity contribution in [2.24, 2.45) is 5.10 Å². The van der Waals surface area contributed by atoms with Gasteiger partial charge in [0, 0.05) is 5.10 Å². The number of aromatic nitrogens is 3. The highest BCUT2D eigenvalue weighted by molar-refractivity contribution is 6.01. The molecule has 2 N–H and O–H groups in total. The maximum Gasteiger partial charge on any atom is 0.490 e. The average Bonchev–Trinajstić information content (AvgIpc) is 3.08. The molecule has 26 heavy (non-hydrogen) atoms. The van der Waals surface area contributed by atoms with E-state index in [0.29, 0.717) is 5.71 Å². The van der Waals surface area contributed by atoms with Gasteiger partial charge in [0.1, 0.15) is 5.75 Å². The summed E-state index contributed by atoms with van der Waals surface area (Å²) in [5.41, 5.74) is 2.88. The number of nitrogens with zero attached hydrogens (tertiary/aromatic N) is 5. The Morgan fingerprint density at radius 3 is 2.69 bits per heavy atom. The summed E-state index contributed by atoms with van der Waals surface area (Å²) in [7, 11) is 0. The van der Waals surface area contributed by atoms with Gasteiger partial charge < -0.3 is 15.2 Å². The first-order chi connectivity index (χ1) is 12.4. The summed E-state index contributed by atoms with van der Waals surface area (Å²) in [6.07, 6.45) is 1.20. The quantitative estimate of drug-likeness (QED) is 0.408. The first-order valence-electron chi connectivity index (χ1n) is 7.53. The smallest absolute Gasteiger partial charge is 0.490 e. The number of phenols is 1. The fourth-order valence-corrected chi connectivity index (χ4v) is 2.33. The van der Waals surface area contributed by atoms with E-state index in [1.54, 1.807) is 13.0 Å². The standard InChI is InChI=1S/C16H14N6O4/c1-10(8-21-9-17-16(20-21)22(25)26)18-19-15(24)13-6-11-4-2-3-5-12(11)7-14(13)23/h2-7,9,23H,8H2,1H3,(H,19,24)/b18-10-. The topological polar surface area (TPSA) is 136 Å². The molecule has 10 nitrogen and oxygen atoms in total. The molecule has 0 aliphatic carbocycles. The fourth-order valence-electron chi connectivity index (χ4n) is 2.33. The van der Waals surface area contributed by atoms with Crippen molar-refractivity contribution in [1.82, 2.24) is 20.2 Å². The van der Waals surface area contributed by atoms with Crippen LogP contribution < -0.4 is 5.43 Å². The van der Waals surface area contributed by atoms with E-state index in [-0.39, 0.29) is 17.9 Å². The highest BCUT2D eigenvalue weighted by Gasteiger charge is 2.14. The number of nitro groups is 1. The monoisotopic (exact) mass is 354 g/mol. The van der Waals surface area contributed by atoms with Crippen LogP contribution >= 0.6 is 0 Å². The molecule has 3 aromatic rings. The van der Waals surface area contributed by atoms with Crippen LogP contribution in [0.3, 0.4) is 0 Å². The molecule has 0 radical (unpaired) electrons. The Balaban J connectivity index is 1.71. The second kappa shape index (κ2) is 6.97. The fraction of sp³-hybridized carbons (Fsp3) is 0.125. The van der Waals surface area contributed by atoms with Crippen molar-refractivity contribution < 1.29 is 14.8 Å². The Kier molecular flexibility index (Phi) is 4.56. The SMILES string of the molecule is C/C(Cn1cnc([N+](=O)[O-])n1)=N/NC(=O)c1cc2ccccc2cc1O. The number of hydrazone groups is 1. The lowest BCUT2D eigenvalue weighted by atomic mass is 10.1. The normalized spacial score (nSPS) is 11.5. The molecule has 1 amide bonds. The van der Waals surface area contributed by atoms with Gasteiger partial charge in [-0.3, -0.25) is 4.79 Å². The van der Waals surface area contributed by atoms with Gasteiger partial charge in [-0.05, 0) is 34.8 Å². The Labute approximate surface area is 146 Å². The van der Waals surface area contributed by atoms with Crippen molar-refractivity contribution in [2.75, 3.05) is 0 Å². The van der Waals surface area contributed by atoms with Crippen molar-refractivity contribution in [2.45, 2.75) is 13.5 Å². The Bertz CT molecular complexity index is 1030. The molecule has 0 saturated carbocycles. The molecule has 3 rings (SSSR count). The van der Waals surface area contributed by atoms with Gasteiger partial charge in [0.05, 0.1) is 17.8 Å². The van der Waals surface area contributed by atoms with E-state index in [9.17, 15) is 20.0 Å². The van der Waals surface area contributed by atoms with Crippen molar-refractivity contribution in [3.8, 4) is 5.75 Å². The van der Waals surface area contributed by atoms with Crippen LogP contribution in [0.5, 0.6) is 5.75 Å². The lowest BCUT2D eigenvalue weighted by Crippen LogP contribution is -2.20. The molecule has 0 atom stereocenters. The van der Waals surface area contributed by atoms with E-state index >= 15 is 0 Å². The summed E-state index contributed by atoms with van der Waals surface area (Å²) in [5.74, 6) is -1.24. The molecule has 0 bridgehead atoms. The van der Waals surface area contributed by atoms with Crippen LogP contribution in [-0.4, -0.2) is 36.4 Å². The maximum absolute atomic E-state index is 12.3. The summed E-state index contributed by atoms with van der Waals surface area (Å²) < 4.78 is 1.23. The van der Waals surface area contributed by atoms with Crippen molar-refractivity contribution >= 4 is 28.3 Å². The molecule has 0 saturated heterocycles. The molecule has 0 aliphatic heterocycles. The number of benzene rings is 2. The summed E-state index contributed by atoms with van der Waals surface area (Å²) in [4.78, 5) is 25.6. The molecule has 0 unspecified atom stereocenters. The zero-order valence-corrected chi connectivity index (χ0v) is 13.7. The number of aromatic hydroxyl groups is 1. The van der Waals surface area contributed by atoms with E-state index in [2.05, 4.69) is 20.6 Å². The Hall–Kier alpha value is -3.82. The van der Waals surface area contributed by atoms with E-state index < -0.39 is 16.8 Å². The van der Waals surface area contributed by atoms with E-state index in [1.165, 1.54) is 17.1 Å². The van der Waals surface area contributed by atoms with Crippen LogP contribution in [0.2, 0.25) is 0 Å². The largest absolute Gasteiger partial charge is 0.507 e. The van der Waals surface area contributed by atoms with Gasteiger partial charge in [-0.2, -0.15) is 9.78 Å². The Morgan fingerprint density at radius 1 is 1.35 bits per heavy atom. The molecule has 0 aliphatic rings. The van der Waals surface area contributed by atoms with Gasteiger partial charge in [-0.1, -0.05) is 29.2 Å². The predicted molar refractivity (Wildman–Crippen MR) is 92.9 cm³/mol. The maximum atomic E-state index is 12.3. The lowest BCUT2D eigenvalue weighted by Gasteiger charge is -2.06. The first-order valence-corrected chi connectivity index (χ1v) is 7.53. The number of hydrogen-bond donors (Lipinski definition) is 2. The second-order valence-corrected chi connectivity index (χ2v) is 5.50. The summed E-state index contributed by atoms with van der Waals surface area (Å²) in [6, 6.07) is 10.4. The van der Waals surface area contributed by atoms with Gasteiger partial charge >= 0.3 is 5.95 Å². The minimum atomic E-state index is -0.701. The van der Waals surface area contributed by atoms with Crippen LogP contribution in [0.1, 0.15) is 17.3 Å². The molecule has 0 fully saturated rings. The number of amides is 1. The van der Waals surface area contributed by atoms with E-state index in [1.807, 2.05) is 24.3 Å². The highest BCUT2D eigenvalue weighted by atomic mass is 16.6. The number of carbonyl (C=O) groups is 1. The number of nitrogens with one attached hydrogen (secondary N) is 1. The van der Waals surface area contributed by atoms with Gasteiger partial charge in [0.2, 0.25) is 6.33 Å². The van der Waals surface area contributed by atoms with Crippen LogP contribution in [-0.2, 0) is 6.54 Å². The number of carbonyl (C=O) groups excluding carboxylic acids is 1. The molecule has 10 heteroatoms. The van der Waals surface area contributed by atoms with Crippen LogP contribution in [0.4, 0.5) is 5.95 Å². The second-order valence-electron chi connectivity index (χ2n) is 5.50. The minimum absolute atomic E-state index is 0.0941. The van der Waals surface area contributed by atoms with Crippen LogP contribution in [0.15, 0.2) is 47.8 Å². The molecule has 1 aromatic heterocycles. The van der Waals surface area contributed by atoms with E-state index in [0.717, 1.165) is 10.8 Å². The van der Waals surface area contributed by atoms with Gasteiger partial charge in [-0.25, -0.2) is 5.43 Å². The van der Waals surface area contributed by atoms with Crippen molar-refractivity contribution in [3.63, 3.8) is 0 Å². The molecular weight excluding hydrogens is 340 g/mol. The first kappa shape index (κ1) is 17.0. The highest BCUT2D eigenvalue weighted by Crippen LogP contribution is 2.24. The number of hydrogen-bond acceptors (Lipinski definition) is 7. The van der Waals surface area contributed by atoms with Gasteiger partial charge in [0.25, 0.3) is 5.91 Å². The molecular formula is C16H14N6O4. The molecule has 2 aromatic carbocycles. The van der Waals surface area contributed by atoms with Crippen molar-refractivity contribution in [1.29, 1.82) is 0 Å². The summed E-state index contributed by atoms with van der Waals surface area (Å²) >= 11 is 0.